The predicted octanol–water partition coefficient (Wildman–Crippen LogP) is 7.34. The molecule has 12 heteroatoms. The summed E-state index contributed by atoms with van der Waals surface area (Å²) in [5, 5.41) is 8.80. The van der Waals surface area contributed by atoms with Gasteiger partial charge in [-0.05, 0) is 60.6 Å². The minimum Gasteiger partial charge on any atom is -0.371 e. The number of aryl methyl sites for hydroxylation is 1. The molecule has 0 aliphatic carbocycles. The first kappa shape index (κ1) is 24.8. The molecule has 0 fully saturated rings. The number of aromatic nitrogens is 1. The number of nitrogens with zero attached hydrogens (tertiary/aromatic N) is 4. The maximum Gasteiger partial charge on any atom is 0.516 e. The minimum atomic E-state index is -5.64. The molecule has 0 unspecified atom stereocenters. The minimum absolute atomic E-state index is 0.0551. The Bertz CT molecular complexity index is 1670. The molecular formula is C26H22F3N5O2S2. The van der Waals surface area contributed by atoms with Gasteiger partial charge in [0.1, 0.15) is 5.69 Å². The quantitative estimate of drug-likeness (QED) is 0.260. The smallest absolute Gasteiger partial charge is 0.371 e. The average molecular weight is 558 g/mol. The van der Waals surface area contributed by atoms with E-state index in [1.165, 1.54) is 11.3 Å². The Balaban J connectivity index is 1.41. The molecule has 3 aromatic carbocycles. The van der Waals surface area contributed by atoms with E-state index in [0.717, 1.165) is 58.5 Å². The van der Waals surface area contributed by atoms with Crippen molar-refractivity contribution in [3.8, 4) is 11.1 Å². The third kappa shape index (κ3) is 4.51. The van der Waals surface area contributed by atoms with Crippen molar-refractivity contribution in [1.82, 2.24) is 4.98 Å². The highest BCUT2D eigenvalue weighted by atomic mass is 32.2. The van der Waals surface area contributed by atoms with Crippen molar-refractivity contribution in [2.75, 3.05) is 22.7 Å². The van der Waals surface area contributed by atoms with Crippen LogP contribution in [0.25, 0.3) is 21.3 Å². The zero-order valence-electron chi connectivity index (χ0n) is 20.0. The summed E-state index contributed by atoms with van der Waals surface area (Å²) in [4.78, 5) is 6.60. The van der Waals surface area contributed by atoms with Crippen LogP contribution in [-0.2, 0) is 22.9 Å². The fourth-order valence-electron chi connectivity index (χ4n) is 5.09. The lowest BCUT2D eigenvalue weighted by Crippen LogP contribution is -2.36. The number of hydrogen-bond acceptors (Lipinski definition) is 7. The van der Waals surface area contributed by atoms with Gasteiger partial charge in [-0.15, -0.1) is 10.2 Å². The molecule has 2 aliphatic heterocycles. The van der Waals surface area contributed by atoms with Crippen molar-refractivity contribution in [1.29, 1.82) is 0 Å². The number of azo groups is 1. The van der Waals surface area contributed by atoms with Crippen LogP contribution >= 0.6 is 11.3 Å². The van der Waals surface area contributed by atoms with Crippen molar-refractivity contribution >= 4 is 53.8 Å². The van der Waals surface area contributed by atoms with Gasteiger partial charge in [0, 0.05) is 24.3 Å². The third-order valence-corrected chi connectivity index (χ3v) is 8.76. The van der Waals surface area contributed by atoms with Gasteiger partial charge in [0.15, 0.2) is 0 Å². The molecule has 7 nitrogen and oxygen atoms in total. The van der Waals surface area contributed by atoms with Crippen LogP contribution in [0, 0.1) is 0 Å². The first-order valence-corrected chi connectivity index (χ1v) is 14.4. The zero-order chi connectivity index (χ0) is 26.5. The molecule has 6 rings (SSSR count). The van der Waals surface area contributed by atoms with Crippen LogP contribution in [0.3, 0.4) is 0 Å². The number of halogens is 3. The maximum absolute atomic E-state index is 13.3. The van der Waals surface area contributed by atoms with Gasteiger partial charge in [0.05, 0.1) is 15.9 Å². The Morgan fingerprint density at radius 3 is 2.47 bits per heavy atom. The number of benzene rings is 3. The van der Waals surface area contributed by atoms with Gasteiger partial charge in [-0.3, -0.25) is 4.72 Å². The third-order valence-electron chi connectivity index (χ3n) is 6.77. The molecule has 0 atom stereocenters. The van der Waals surface area contributed by atoms with Crippen molar-refractivity contribution in [3.63, 3.8) is 0 Å². The highest BCUT2D eigenvalue weighted by Gasteiger charge is 2.47. The molecule has 0 saturated carbocycles. The number of sulfonamides is 1. The number of hydrogen-bond donors (Lipinski definition) is 1. The van der Waals surface area contributed by atoms with Crippen LogP contribution in [0.4, 0.5) is 35.4 Å². The van der Waals surface area contributed by atoms with E-state index in [2.05, 4.69) is 20.1 Å². The van der Waals surface area contributed by atoms with E-state index in [1.807, 2.05) is 48.5 Å². The molecule has 0 spiro atoms. The van der Waals surface area contributed by atoms with Gasteiger partial charge in [0.2, 0.25) is 5.13 Å². The number of alkyl halides is 3. The summed E-state index contributed by atoms with van der Waals surface area (Å²) < 4.78 is 66.9. The predicted molar refractivity (Wildman–Crippen MR) is 143 cm³/mol. The fraction of sp³-hybridized carbons (Fsp3) is 0.269. The number of anilines is 2. The van der Waals surface area contributed by atoms with E-state index in [9.17, 15) is 21.6 Å². The standard InChI is InChI=1S/C26H22F3N5O2S2/c27-26(28,29)38(35,36)33-23-19-9-5-13-34-12-4-8-18(24(19)34)14-21(23)31-32-25-30-20-11-10-17(15-22(20)37-25)16-6-2-1-3-7-16/h1-3,6-7,10-11,14-15,33H,4-5,8-9,12-13H2. The summed E-state index contributed by atoms with van der Waals surface area (Å²) in [6, 6.07) is 17.4. The summed E-state index contributed by atoms with van der Waals surface area (Å²) in [7, 11) is -5.64. The molecule has 0 amide bonds. The lowest BCUT2D eigenvalue weighted by atomic mass is 9.90. The molecule has 2 aliphatic rings. The molecule has 4 aromatic rings. The van der Waals surface area contributed by atoms with E-state index in [4.69, 9.17) is 0 Å². The van der Waals surface area contributed by atoms with Crippen LogP contribution in [0.2, 0.25) is 0 Å². The van der Waals surface area contributed by atoms with E-state index in [1.54, 1.807) is 10.8 Å². The van der Waals surface area contributed by atoms with Crippen LogP contribution in [0.1, 0.15) is 24.0 Å². The van der Waals surface area contributed by atoms with Gasteiger partial charge in [-0.1, -0.05) is 47.7 Å². The van der Waals surface area contributed by atoms with Crippen LogP contribution in [0.5, 0.6) is 0 Å². The van der Waals surface area contributed by atoms with Crippen LogP contribution in [-0.4, -0.2) is 32.0 Å². The van der Waals surface area contributed by atoms with Crippen molar-refractivity contribution in [2.45, 2.75) is 31.2 Å². The van der Waals surface area contributed by atoms with Crippen molar-refractivity contribution < 1.29 is 21.6 Å². The summed E-state index contributed by atoms with van der Waals surface area (Å²) >= 11 is 1.30. The zero-order valence-corrected chi connectivity index (χ0v) is 21.6. The fourth-order valence-corrected chi connectivity index (χ4v) is 6.53. The molecular weight excluding hydrogens is 535 g/mol. The largest absolute Gasteiger partial charge is 0.516 e. The lowest BCUT2D eigenvalue weighted by molar-refractivity contribution is -0.0429. The summed E-state index contributed by atoms with van der Waals surface area (Å²) in [5.41, 5.74) is -0.478. The second-order valence-corrected chi connectivity index (χ2v) is 11.9. The van der Waals surface area contributed by atoms with Crippen molar-refractivity contribution in [2.24, 2.45) is 10.2 Å². The summed E-state index contributed by atoms with van der Waals surface area (Å²) in [6.07, 6.45) is 2.78. The Hall–Kier alpha value is -3.51. The number of fused-ring (bicyclic) bond motifs is 1. The number of rotatable bonds is 5. The van der Waals surface area contributed by atoms with Gasteiger partial charge >= 0.3 is 15.5 Å². The molecule has 38 heavy (non-hydrogen) atoms. The van der Waals surface area contributed by atoms with Crippen LogP contribution in [0.15, 0.2) is 64.8 Å². The molecule has 0 bridgehead atoms. The second-order valence-electron chi connectivity index (χ2n) is 9.25. The Morgan fingerprint density at radius 2 is 1.71 bits per heavy atom. The first-order chi connectivity index (χ1) is 18.2. The molecule has 196 valence electrons. The van der Waals surface area contributed by atoms with E-state index >= 15 is 0 Å². The molecule has 1 aromatic heterocycles. The molecule has 0 saturated heterocycles. The second kappa shape index (κ2) is 9.35. The van der Waals surface area contributed by atoms with Gasteiger partial charge in [0.25, 0.3) is 0 Å². The highest BCUT2D eigenvalue weighted by molar-refractivity contribution is 7.93. The van der Waals surface area contributed by atoms with Crippen molar-refractivity contribution in [3.05, 3.63) is 65.7 Å². The van der Waals surface area contributed by atoms with Gasteiger partial charge in [-0.2, -0.15) is 21.6 Å². The maximum atomic E-state index is 13.3. The van der Waals surface area contributed by atoms with E-state index < -0.39 is 15.5 Å². The Labute approximate surface area is 221 Å². The number of nitrogens with one attached hydrogen (secondary N) is 1. The van der Waals surface area contributed by atoms with Gasteiger partial charge < -0.3 is 4.90 Å². The van der Waals surface area contributed by atoms with E-state index in [0.29, 0.717) is 23.5 Å². The van der Waals surface area contributed by atoms with E-state index in [-0.39, 0.29) is 11.4 Å². The summed E-state index contributed by atoms with van der Waals surface area (Å²) in [5.74, 6) is 0. The molecule has 3 heterocycles. The Morgan fingerprint density at radius 1 is 0.947 bits per heavy atom. The normalized spacial score (nSPS) is 15.7. The SMILES string of the molecule is O=S(=O)(Nc1c(N=Nc2nc3ccc(-c4ccccc4)cc3s2)cc2c3c1CCCN3CCC2)C(F)(F)F. The van der Waals surface area contributed by atoms with Crippen LogP contribution < -0.4 is 9.62 Å². The summed E-state index contributed by atoms with van der Waals surface area (Å²) in [6.45, 7) is 1.56. The monoisotopic (exact) mass is 557 g/mol. The number of thiazole rings is 1. The highest BCUT2D eigenvalue weighted by Crippen LogP contribution is 2.46. The molecule has 0 radical (unpaired) electrons. The Kier molecular flexibility index (Phi) is 6.10. The molecule has 1 N–H and O–H groups in total. The van der Waals surface area contributed by atoms with Gasteiger partial charge in [-0.25, -0.2) is 4.98 Å². The topological polar surface area (TPSA) is 87.0 Å². The first-order valence-electron chi connectivity index (χ1n) is 12.1. The lowest BCUT2D eigenvalue weighted by Gasteiger charge is -2.38. The average Bonchev–Trinajstić information content (AvgIpc) is 3.31.